The Morgan fingerprint density at radius 1 is 1.23 bits per heavy atom. The van der Waals surface area contributed by atoms with E-state index in [1.807, 2.05) is 12.1 Å². The van der Waals surface area contributed by atoms with Crippen molar-refractivity contribution in [2.24, 2.45) is 0 Å². The summed E-state index contributed by atoms with van der Waals surface area (Å²) in [7, 11) is 0. The lowest BCUT2D eigenvalue weighted by molar-refractivity contribution is 0.0523. The predicted octanol–water partition coefficient (Wildman–Crippen LogP) is 4.67. The number of ether oxygens (including phenoxy) is 2. The third-order valence-electron chi connectivity index (χ3n) is 5.18. The number of hydrogen-bond donors (Lipinski definition) is 1. The molecule has 1 fully saturated rings. The molecular weight excluding hydrogens is 407 g/mol. The number of nitrogens with one attached hydrogen (secondary N) is 1. The molecule has 0 radical (unpaired) electrons. The topological polar surface area (TPSA) is 60.5 Å². The van der Waals surface area contributed by atoms with Gasteiger partial charge in [-0.2, -0.15) is 0 Å². The Morgan fingerprint density at radius 3 is 2.87 bits per heavy atom. The lowest BCUT2D eigenvalue weighted by Crippen LogP contribution is -2.46. The van der Waals surface area contributed by atoms with Crippen molar-refractivity contribution < 1.29 is 18.7 Å². The monoisotopic (exact) mass is 430 g/mol. The summed E-state index contributed by atoms with van der Waals surface area (Å²) in [5, 5.41) is 5.23. The van der Waals surface area contributed by atoms with Gasteiger partial charge < -0.3 is 14.8 Å². The quantitative estimate of drug-likeness (QED) is 0.552. The van der Waals surface area contributed by atoms with Crippen molar-refractivity contribution in [3.05, 3.63) is 71.8 Å². The summed E-state index contributed by atoms with van der Waals surface area (Å²) in [4.78, 5) is 15.9. The molecule has 0 spiro atoms. The van der Waals surface area contributed by atoms with Gasteiger partial charge in [0, 0.05) is 35.9 Å². The van der Waals surface area contributed by atoms with Crippen LogP contribution in [-0.4, -0.2) is 29.7 Å². The van der Waals surface area contributed by atoms with Crippen molar-refractivity contribution in [2.45, 2.75) is 38.5 Å². The first kappa shape index (κ1) is 22.0. The van der Waals surface area contributed by atoms with Crippen molar-refractivity contribution >= 4 is 29.1 Å². The molecule has 0 saturated heterocycles. The molecule has 4 rings (SSSR count). The Hall–Kier alpha value is -2.70. The SMILES string of the molecule is CCOC(=O)c1cccc(OC2CC(NCc3c(F)ccc4cnccc34)C2)c1.Cl. The zero-order valence-electron chi connectivity index (χ0n) is 16.6. The third kappa shape index (κ3) is 4.89. The molecule has 0 unspecified atom stereocenters. The number of rotatable bonds is 7. The summed E-state index contributed by atoms with van der Waals surface area (Å²) in [5.74, 6) is 0.101. The number of halogens is 2. The normalized spacial score (nSPS) is 17.7. The van der Waals surface area contributed by atoms with Crippen molar-refractivity contribution in [3.8, 4) is 5.75 Å². The Morgan fingerprint density at radius 2 is 2.07 bits per heavy atom. The Labute approximate surface area is 181 Å². The molecule has 158 valence electrons. The number of pyridine rings is 1. The van der Waals surface area contributed by atoms with E-state index in [1.165, 1.54) is 6.07 Å². The minimum absolute atomic E-state index is 0. The average molecular weight is 431 g/mol. The molecule has 1 N–H and O–H groups in total. The fraction of sp³-hybridized carbons (Fsp3) is 0.304. The first-order valence-electron chi connectivity index (χ1n) is 9.82. The van der Waals surface area contributed by atoms with Gasteiger partial charge in [-0.05, 0) is 61.5 Å². The molecule has 1 saturated carbocycles. The van der Waals surface area contributed by atoms with E-state index in [1.54, 1.807) is 43.6 Å². The largest absolute Gasteiger partial charge is 0.490 e. The molecule has 7 heteroatoms. The van der Waals surface area contributed by atoms with Crippen molar-refractivity contribution in [3.63, 3.8) is 0 Å². The molecule has 2 aromatic carbocycles. The Bertz CT molecular complexity index is 1020. The average Bonchev–Trinajstić information content (AvgIpc) is 2.71. The summed E-state index contributed by atoms with van der Waals surface area (Å²) < 4.78 is 25.3. The van der Waals surface area contributed by atoms with Gasteiger partial charge in [-0.15, -0.1) is 12.4 Å². The van der Waals surface area contributed by atoms with Crippen LogP contribution >= 0.6 is 12.4 Å². The standard InChI is InChI=1S/C23H23FN2O3.ClH/c1-2-28-23(27)15-4-3-5-18(10-15)29-19-11-17(12-19)26-14-21-20-8-9-25-13-16(20)6-7-22(21)24;/h3-10,13,17,19,26H,2,11-12,14H2,1H3;1H. The Balaban J connectivity index is 0.00000256. The predicted molar refractivity (Wildman–Crippen MR) is 116 cm³/mol. The molecule has 30 heavy (non-hydrogen) atoms. The second kappa shape index (κ2) is 9.87. The van der Waals surface area contributed by atoms with Crippen molar-refractivity contribution in [2.75, 3.05) is 6.61 Å². The molecular formula is C23H24ClFN2O3. The van der Waals surface area contributed by atoms with Crippen LogP contribution in [0, 0.1) is 5.82 Å². The molecule has 3 aromatic rings. The van der Waals surface area contributed by atoms with Crippen LogP contribution in [0.25, 0.3) is 10.8 Å². The highest BCUT2D eigenvalue weighted by molar-refractivity contribution is 5.89. The fourth-order valence-corrected chi connectivity index (χ4v) is 3.56. The maximum atomic E-state index is 14.3. The van der Waals surface area contributed by atoms with Gasteiger partial charge in [-0.25, -0.2) is 9.18 Å². The Kier molecular flexibility index (Phi) is 7.24. The van der Waals surface area contributed by atoms with E-state index < -0.39 is 0 Å². The van der Waals surface area contributed by atoms with Crippen molar-refractivity contribution in [1.82, 2.24) is 10.3 Å². The molecule has 1 aliphatic carbocycles. The van der Waals surface area contributed by atoms with Crippen LogP contribution in [0.4, 0.5) is 4.39 Å². The summed E-state index contributed by atoms with van der Waals surface area (Å²) >= 11 is 0. The van der Waals surface area contributed by atoms with Crippen molar-refractivity contribution in [1.29, 1.82) is 0 Å². The van der Waals surface area contributed by atoms with Crippen LogP contribution in [0.5, 0.6) is 5.75 Å². The zero-order chi connectivity index (χ0) is 20.2. The van der Waals surface area contributed by atoms with E-state index >= 15 is 0 Å². The number of hydrogen-bond acceptors (Lipinski definition) is 5. The summed E-state index contributed by atoms with van der Waals surface area (Å²) in [5.41, 5.74) is 1.15. The van der Waals surface area contributed by atoms with Gasteiger partial charge >= 0.3 is 5.97 Å². The lowest BCUT2D eigenvalue weighted by atomic mass is 9.89. The number of carbonyl (C=O) groups is 1. The van der Waals surface area contributed by atoms with Gasteiger partial charge in [0.2, 0.25) is 0 Å². The summed E-state index contributed by atoms with van der Waals surface area (Å²) in [6.07, 6.45) is 5.17. The van der Waals surface area contributed by atoms with Crippen LogP contribution < -0.4 is 10.1 Å². The van der Waals surface area contributed by atoms with E-state index in [-0.39, 0.29) is 36.3 Å². The molecule has 0 bridgehead atoms. The van der Waals surface area contributed by atoms with Gasteiger partial charge in [0.15, 0.2) is 0 Å². The molecule has 1 aromatic heterocycles. The second-order valence-electron chi connectivity index (χ2n) is 7.16. The first-order valence-corrected chi connectivity index (χ1v) is 9.82. The van der Waals surface area contributed by atoms with Gasteiger partial charge in [0.05, 0.1) is 12.2 Å². The molecule has 0 amide bonds. The number of fused-ring (bicyclic) bond motifs is 1. The van der Waals surface area contributed by atoms with E-state index in [4.69, 9.17) is 9.47 Å². The number of carbonyl (C=O) groups excluding carboxylic acids is 1. The maximum absolute atomic E-state index is 14.3. The van der Waals surface area contributed by atoms with Crippen LogP contribution in [0.3, 0.4) is 0 Å². The lowest BCUT2D eigenvalue weighted by Gasteiger charge is -2.36. The van der Waals surface area contributed by atoms with Crippen LogP contribution in [0.15, 0.2) is 54.9 Å². The van der Waals surface area contributed by atoms with Gasteiger partial charge in [0.1, 0.15) is 17.7 Å². The second-order valence-corrected chi connectivity index (χ2v) is 7.16. The molecule has 1 aliphatic rings. The minimum atomic E-state index is -0.349. The number of aromatic nitrogens is 1. The zero-order valence-corrected chi connectivity index (χ0v) is 17.5. The van der Waals surface area contributed by atoms with Crippen LogP contribution in [-0.2, 0) is 11.3 Å². The molecule has 5 nitrogen and oxygen atoms in total. The molecule has 1 heterocycles. The van der Waals surface area contributed by atoms with E-state index in [0.29, 0.717) is 30.0 Å². The molecule has 0 atom stereocenters. The van der Waals surface area contributed by atoms with E-state index in [0.717, 1.165) is 23.6 Å². The highest BCUT2D eigenvalue weighted by atomic mass is 35.5. The van der Waals surface area contributed by atoms with E-state index in [2.05, 4.69) is 10.3 Å². The first-order chi connectivity index (χ1) is 14.1. The third-order valence-corrected chi connectivity index (χ3v) is 5.18. The van der Waals surface area contributed by atoms with Crippen LogP contribution in [0.2, 0.25) is 0 Å². The van der Waals surface area contributed by atoms with Gasteiger partial charge in [-0.1, -0.05) is 6.07 Å². The van der Waals surface area contributed by atoms with Gasteiger partial charge in [0.25, 0.3) is 0 Å². The van der Waals surface area contributed by atoms with Gasteiger partial charge in [-0.3, -0.25) is 4.98 Å². The number of benzene rings is 2. The van der Waals surface area contributed by atoms with Crippen LogP contribution in [0.1, 0.15) is 35.7 Å². The minimum Gasteiger partial charge on any atom is -0.490 e. The number of nitrogens with zero attached hydrogens (tertiary/aromatic N) is 1. The summed E-state index contributed by atoms with van der Waals surface area (Å²) in [6.45, 7) is 2.58. The number of esters is 1. The maximum Gasteiger partial charge on any atom is 0.338 e. The molecule has 0 aliphatic heterocycles. The summed E-state index contributed by atoms with van der Waals surface area (Å²) in [6, 6.07) is 12.4. The smallest absolute Gasteiger partial charge is 0.338 e. The van der Waals surface area contributed by atoms with E-state index in [9.17, 15) is 9.18 Å². The highest BCUT2D eigenvalue weighted by Crippen LogP contribution is 2.28. The highest BCUT2D eigenvalue weighted by Gasteiger charge is 2.30. The fourth-order valence-electron chi connectivity index (χ4n) is 3.56.